The highest BCUT2D eigenvalue weighted by molar-refractivity contribution is 9.10. The van der Waals surface area contributed by atoms with Crippen molar-refractivity contribution in [1.29, 1.82) is 0 Å². The molecule has 2 aliphatic rings. The molecule has 1 amide bonds. The molecule has 2 saturated heterocycles. The minimum atomic E-state index is -0.0729. The van der Waals surface area contributed by atoms with Crippen molar-refractivity contribution in [2.24, 2.45) is 5.92 Å². The van der Waals surface area contributed by atoms with Crippen LogP contribution in [0.15, 0.2) is 34.9 Å². The van der Waals surface area contributed by atoms with Gasteiger partial charge in [-0.1, -0.05) is 34.0 Å². The van der Waals surface area contributed by atoms with E-state index in [2.05, 4.69) is 45.0 Å². The van der Waals surface area contributed by atoms with Gasteiger partial charge in [0.1, 0.15) is 12.4 Å². The Balaban J connectivity index is 1.23. The Labute approximate surface area is 203 Å². The Morgan fingerprint density at radius 1 is 1.24 bits per heavy atom. The summed E-state index contributed by atoms with van der Waals surface area (Å²) in [7, 11) is 0. The first-order chi connectivity index (χ1) is 16.0. The number of nitrogens with zero attached hydrogens (tertiary/aromatic N) is 4. The molecule has 4 rings (SSSR count). The predicted octanol–water partition coefficient (Wildman–Crippen LogP) is 4.23. The quantitative estimate of drug-likeness (QED) is 0.517. The SMILES string of the molecule is C[C@H](C[C@@H]1CC[C@H]([C@@H](C)C(=O)N2CCCC2)O1)n1cc(C#CCOc2ccc(Br)cc2)nn1. The number of carbonyl (C=O) groups is 1. The molecule has 3 heterocycles. The van der Waals surface area contributed by atoms with Crippen molar-refractivity contribution >= 4 is 21.8 Å². The number of amides is 1. The molecule has 33 heavy (non-hydrogen) atoms. The van der Waals surface area contributed by atoms with E-state index in [1.807, 2.05) is 47.0 Å². The van der Waals surface area contributed by atoms with E-state index in [9.17, 15) is 4.79 Å². The fourth-order valence-corrected chi connectivity index (χ4v) is 4.74. The van der Waals surface area contributed by atoms with Gasteiger partial charge in [0.2, 0.25) is 5.91 Å². The summed E-state index contributed by atoms with van der Waals surface area (Å²) in [6.07, 6.45) is 6.99. The molecule has 1 aromatic heterocycles. The van der Waals surface area contributed by atoms with Gasteiger partial charge in [-0.25, -0.2) is 4.68 Å². The van der Waals surface area contributed by atoms with Crippen molar-refractivity contribution in [1.82, 2.24) is 19.9 Å². The molecular formula is C25H31BrN4O3. The Kier molecular flexibility index (Phi) is 8.05. The number of hydrogen-bond acceptors (Lipinski definition) is 5. The van der Waals surface area contributed by atoms with Crippen LogP contribution in [0.5, 0.6) is 5.75 Å². The second kappa shape index (κ2) is 11.2. The summed E-state index contributed by atoms with van der Waals surface area (Å²) in [5.41, 5.74) is 0.622. The maximum Gasteiger partial charge on any atom is 0.228 e. The van der Waals surface area contributed by atoms with E-state index in [0.29, 0.717) is 5.69 Å². The highest BCUT2D eigenvalue weighted by atomic mass is 79.9. The number of hydrogen-bond donors (Lipinski definition) is 0. The third-order valence-electron chi connectivity index (χ3n) is 6.41. The van der Waals surface area contributed by atoms with Crippen molar-refractivity contribution in [3.05, 3.63) is 40.6 Å². The average molecular weight is 515 g/mol. The molecule has 8 heteroatoms. The molecule has 0 radical (unpaired) electrons. The lowest BCUT2D eigenvalue weighted by Crippen LogP contribution is -2.38. The number of ether oxygens (including phenoxy) is 2. The largest absolute Gasteiger partial charge is 0.481 e. The van der Waals surface area contributed by atoms with Gasteiger partial charge in [0.25, 0.3) is 0 Å². The van der Waals surface area contributed by atoms with Crippen LogP contribution in [0.3, 0.4) is 0 Å². The Bertz CT molecular complexity index is 991. The Hall–Kier alpha value is -2.37. The zero-order chi connectivity index (χ0) is 23.2. The zero-order valence-electron chi connectivity index (χ0n) is 19.2. The Morgan fingerprint density at radius 3 is 2.76 bits per heavy atom. The van der Waals surface area contributed by atoms with Crippen LogP contribution in [0.25, 0.3) is 0 Å². The molecule has 2 aromatic rings. The van der Waals surface area contributed by atoms with Crippen LogP contribution in [-0.4, -0.2) is 57.7 Å². The molecule has 176 valence electrons. The Morgan fingerprint density at radius 2 is 2.00 bits per heavy atom. The standard InChI is InChI=1S/C25H31BrN4O3/c1-18(16-23-11-12-24(33-23)19(2)25(31)29-13-3-4-14-29)30-17-21(27-28-30)6-5-15-32-22-9-7-20(26)8-10-22/h7-10,17-19,23-24H,3-4,11-16H2,1-2H3/t18-,19-,23+,24-/m1/s1. The van der Waals surface area contributed by atoms with Crippen LogP contribution in [0.2, 0.25) is 0 Å². The summed E-state index contributed by atoms with van der Waals surface area (Å²) in [5.74, 6) is 6.93. The molecule has 0 N–H and O–H groups in total. The molecule has 1 aromatic carbocycles. The van der Waals surface area contributed by atoms with Crippen LogP contribution in [0.1, 0.15) is 57.7 Å². The molecule has 0 spiro atoms. The van der Waals surface area contributed by atoms with Gasteiger partial charge in [-0.05, 0) is 69.2 Å². The fraction of sp³-hybridized carbons (Fsp3) is 0.560. The highest BCUT2D eigenvalue weighted by Crippen LogP contribution is 2.31. The van der Waals surface area contributed by atoms with Crippen LogP contribution in [0, 0.1) is 17.8 Å². The summed E-state index contributed by atoms with van der Waals surface area (Å²) in [4.78, 5) is 14.7. The van der Waals surface area contributed by atoms with Crippen molar-refractivity contribution in [3.8, 4) is 17.6 Å². The van der Waals surface area contributed by atoms with E-state index in [1.54, 1.807) is 0 Å². The molecule has 0 unspecified atom stereocenters. The monoisotopic (exact) mass is 514 g/mol. The molecular weight excluding hydrogens is 484 g/mol. The van der Waals surface area contributed by atoms with Crippen molar-refractivity contribution < 1.29 is 14.3 Å². The smallest absolute Gasteiger partial charge is 0.228 e. The number of benzene rings is 1. The normalized spacial score (nSPS) is 22.0. The molecule has 4 atom stereocenters. The van der Waals surface area contributed by atoms with Crippen molar-refractivity contribution in [3.63, 3.8) is 0 Å². The minimum Gasteiger partial charge on any atom is -0.481 e. The van der Waals surface area contributed by atoms with Gasteiger partial charge in [-0.15, -0.1) is 5.10 Å². The molecule has 0 aliphatic carbocycles. The predicted molar refractivity (Wildman–Crippen MR) is 129 cm³/mol. The maximum atomic E-state index is 12.7. The third-order valence-corrected chi connectivity index (χ3v) is 6.94. The molecule has 2 aliphatic heterocycles. The fourth-order valence-electron chi connectivity index (χ4n) is 4.47. The molecule has 7 nitrogen and oxygen atoms in total. The lowest BCUT2D eigenvalue weighted by Gasteiger charge is -2.25. The van der Waals surface area contributed by atoms with Gasteiger partial charge in [0.15, 0.2) is 5.69 Å². The number of aromatic nitrogens is 3. The molecule has 0 bridgehead atoms. The molecule has 0 saturated carbocycles. The number of halogens is 1. The van der Waals surface area contributed by atoms with Gasteiger partial charge in [-0.3, -0.25) is 4.79 Å². The summed E-state index contributed by atoms with van der Waals surface area (Å²) in [6.45, 7) is 6.20. The second-order valence-corrected chi connectivity index (χ2v) is 9.82. The van der Waals surface area contributed by atoms with E-state index in [4.69, 9.17) is 9.47 Å². The van der Waals surface area contributed by atoms with Gasteiger partial charge >= 0.3 is 0 Å². The maximum absolute atomic E-state index is 12.7. The van der Waals surface area contributed by atoms with Crippen LogP contribution in [0.4, 0.5) is 0 Å². The van der Waals surface area contributed by atoms with E-state index < -0.39 is 0 Å². The van der Waals surface area contributed by atoms with Crippen LogP contribution < -0.4 is 4.74 Å². The summed E-state index contributed by atoms with van der Waals surface area (Å²) < 4.78 is 14.7. The van der Waals surface area contributed by atoms with Crippen LogP contribution >= 0.6 is 15.9 Å². The van der Waals surface area contributed by atoms with Crippen LogP contribution in [-0.2, 0) is 9.53 Å². The second-order valence-electron chi connectivity index (χ2n) is 8.91. The minimum absolute atomic E-state index is 0.0122. The van der Waals surface area contributed by atoms with Crippen molar-refractivity contribution in [2.45, 2.75) is 64.2 Å². The van der Waals surface area contributed by atoms with Gasteiger partial charge < -0.3 is 14.4 Å². The third kappa shape index (κ3) is 6.36. The topological polar surface area (TPSA) is 69.5 Å². The summed E-state index contributed by atoms with van der Waals surface area (Å²) in [5, 5.41) is 8.41. The number of carbonyl (C=O) groups excluding carboxylic acids is 1. The average Bonchev–Trinajstić information content (AvgIpc) is 3.59. The first kappa shape index (κ1) is 23.8. The number of likely N-dealkylation sites (tertiary alicyclic amines) is 1. The zero-order valence-corrected chi connectivity index (χ0v) is 20.8. The van der Waals surface area contributed by atoms with Gasteiger partial charge in [0.05, 0.1) is 30.4 Å². The first-order valence-electron chi connectivity index (χ1n) is 11.7. The lowest BCUT2D eigenvalue weighted by molar-refractivity contribution is -0.138. The lowest BCUT2D eigenvalue weighted by atomic mass is 9.99. The summed E-state index contributed by atoms with van der Waals surface area (Å²) in [6, 6.07) is 7.78. The van der Waals surface area contributed by atoms with E-state index >= 15 is 0 Å². The van der Waals surface area contributed by atoms with Gasteiger partial charge in [0, 0.05) is 17.6 Å². The van der Waals surface area contributed by atoms with E-state index in [1.165, 1.54) is 0 Å². The van der Waals surface area contributed by atoms with E-state index in [-0.39, 0.29) is 36.7 Å². The summed E-state index contributed by atoms with van der Waals surface area (Å²) >= 11 is 3.40. The van der Waals surface area contributed by atoms with Crippen molar-refractivity contribution in [2.75, 3.05) is 19.7 Å². The molecule has 2 fully saturated rings. The van der Waals surface area contributed by atoms with Gasteiger partial charge in [-0.2, -0.15) is 0 Å². The highest BCUT2D eigenvalue weighted by Gasteiger charge is 2.36. The first-order valence-corrected chi connectivity index (χ1v) is 12.5. The number of rotatable bonds is 7. The van der Waals surface area contributed by atoms with E-state index in [0.717, 1.165) is 55.4 Å².